The topological polar surface area (TPSA) is 43.4 Å². The van der Waals surface area contributed by atoms with Gasteiger partial charge in [-0.3, -0.25) is 4.79 Å². The summed E-state index contributed by atoms with van der Waals surface area (Å²) < 4.78 is 6.62. The van der Waals surface area contributed by atoms with Crippen LogP contribution in [0.2, 0.25) is 0 Å². The summed E-state index contributed by atoms with van der Waals surface area (Å²) in [6.07, 6.45) is 1.80. The van der Waals surface area contributed by atoms with Gasteiger partial charge in [-0.15, -0.1) is 0 Å². The van der Waals surface area contributed by atoms with E-state index in [9.17, 15) is 9.59 Å². The third-order valence-corrected chi connectivity index (χ3v) is 6.06. The molecule has 3 aromatic carbocycles. The van der Waals surface area contributed by atoms with Crippen molar-refractivity contribution in [3.63, 3.8) is 0 Å². The minimum Gasteiger partial charge on any atom is -0.422 e. The first-order chi connectivity index (χ1) is 13.5. The van der Waals surface area contributed by atoms with Gasteiger partial charge in [0.15, 0.2) is 0 Å². The van der Waals surface area contributed by atoms with Gasteiger partial charge >= 0.3 is 5.97 Å². The number of halogens is 1. The zero-order valence-electron chi connectivity index (χ0n) is 14.9. The Morgan fingerprint density at radius 3 is 2.64 bits per heavy atom. The van der Waals surface area contributed by atoms with E-state index in [4.69, 9.17) is 4.74 Å². The van der Waals surface area contributed by atoms with Crippen molar-refractivity contribution in [1.82, 2.24) is 0 Å². The molecule has 0 aromatic heterocycles. The summed E-state index contributed by atoms with van der Waals surface area (Å²) in [5.74, 6) is 0.0130. The van der Waals surface area contributed by atoms with E-state index < -0.39 is 5.97 Å². The molecule has 138 valence electrons. The standard InChI is InChI=1S/C23H15IO3S/c1-14-9-10-19(27-23(26)15-5-4-6-17(24)12-15)16(11-14)13-21-22(25)18-7-2-3-8-20(18)28-21/h2-13H,1H3/b21-13-. The molecule has 0 radical (unpaired) electrons. The fourth-order valence-electron chi connectivity index (χ4n) is 2.92. The van der Waals surface area contributed by atoms with Crippen LogP contribution < -0.4 is 4.74 Å². The van der Waals surface area contributed by atoms with Gasteiger partial charge in [0.1, 0.15) is 5.75 Å². The lowest BCUT2D eigenvalue weighted by Crippen LogP contribution is -2.09. The number of rotatable bonds is 3. The summed E-state index contributed by atoms with van der Waals surface area (Å²) in [7, 11) is 0. The maximum absolute atomic E-state index is 12.7. The van der Waals surface area contributed by atoms with Crippen molar-refractivity contribution >= 4 is 52.2 Å². The Hall–Kier alpha value is -2.38. The Labute approximate surface area is 180 Å². The molecule has 0 bridgehead atoms. The highest BCUT2D eigenvalue weighted by atomic mass is 127. The molecule has 0 saturated heterocycles. The van der Waals surface area contributed by atoms with Crippen molar-refractivity contribution < 1.29 is 14.3 Å². The molecule has 1 heterocycles. The molecule has 3 nitrogen and oxygen atoms in total. The SMILES string of the molecule is Cc1ccc(OC(=O)c2cccc(I)c2)c(/C=C2\Sc3ccccc3C2=O)c1. The number of benzene rings is 3. The molecule has 0 fully saturated rings. The van der Waals surface area contributed by atoms with Gasteiger partial charge in [-0.2, -0.15) is 0 Å². The summed E-state index contributed by atoms with van der Waals surface area (Å²) in [6.45, 7) is 1.96. The van der Waals surface area contributed by atoms with Gasteiger partial charge in [0, 0.05) is 19.6 Å². The highest BCUT2D eigenvalue weighted by Crippen LogP contribution is 2.41. The minimum absolute atomic E-state index is 0.00278. The lowest BCUT2D eigenvalue weighted by atomic mass is 10.1. The highest BCUT2D eigenvalue weighted by Gasteiger charge is 2.25. The second kappa shape index (κ2) is 7.93. The average Bonchev–Trinajstić information content (AvgIpc) is 3.00. The van der Waals surface area contributed by atoms with Crippen LogP contribution >= 0.6 is 34.4 Å². The van der Waals surface area contributed by atoms with Gasteiger partial charge in [0.25, 0.3) is 0 Å². The fourth-order valence-corrected chi connectivity index (χ4v) is 4.51. The molecule has 0 unspecified atom stereocenters. The van der Waals surface area contributed by atoms with E-state index in [1.54, 1.807) is 24.3 Å². The van der Waals surface area contributed by atoms with E-state index in [1.807, 2.05) is 55.5 Å². The number of hydrogen-bond acceptors (Lipinski definition) is 4. The molecule has 1 aliphatic heterocycles. The summed E-state index contributed by atoms with van der Waals surface area (Å²) >= 11 is 3.60. The molecule has 0 N–H and O–H groups in total. The van der Waals surface area contributed by atoms with Crippen LogP contribution in [0.4, 0.5) is 0 Å². The molecule has 0 amide bonds. The maximum atomic E-state index is 12.7. The zero-order chi connectivity index (χ0) is 19.7. The predicted octanol–water partition coefficient (Wildman–Crippen LogP) is 6.15. The number of Topliss-reactive ketones (excluding diaryl/α,β-unsaturated/α-hetero) is 1. The Morgan fingerprint density at radius 1 is 1.04 bits per heavy atom. The number of aryl methyl sites for hydroxylation is 1. The number of thioether (sulfide) groups is 1. The first kappa shape index (κ1) is 19.0. The van der Waals surface area contributed by atoms with Crippen molar-refractivity contribution in [2.24, 2.45) is 0 Å². The lowest BCUT2D eigenvalue weighted by Gasteiger charge is -2.09. The van der Waals surface area contributed by atoms with Crippen LogP contribution in [0.25, 0.3) is 6.08 Å². The summed E-state index contributed by atoms with van der Waals surface area (Å²) in [5, 5.41) is 0. The Bertz CT molecular complexity index is 1130. The number of carbonyl (C=O) groups is 2. The first-order valence-corrected chi connectivity index (χ1v) is 10.5. The number of allylic oxidation sites excluding steroid dienone is 1. The van der Waals surface area contributed by atoms with Crippen LogP contribution in [0, 0.1) is 10.5 Å². The number of fused-ring (bicyclic) bond motifs is 1. The normalized spacial score (nSPS) is 14.2. The summed E-state index contributed by atoms with van der Waals surface area (Å²) in [4.78, 5) is 26.8. The van der Waals surface area contributed by atoms with Crippen molar-refractivity contribution in [1.29, 1.82) is 0 Å². The quantitative estimate of drug-likeness (QED) is 0.188. The second-order valence-electron chi connectivity index (χ2n) is 6.38. The highest BCUT2D eigenvalue weighted by molar-refractivity contribution is 14.1. The molecule has 28 heavy (non-hydrogen) atoms. The predicted molar refractivity (Wildman–Crippen MR) is 120 cm³/mol. The minimum atomic E-state index is -0.421. The van der Waals surface area contributed by atoms with E-state index in [0.29, 0.717) is 27.3 Å². The van der Waals surface area contributed by atoms with Crippen LogP contribution in [0.5, 0.6) is 5.75 Å². The van der Waals surface area contributed by atoms with Gasteiger partial charge in [-0.05, 0) is 78.1 Å². The summed E-state index contributed by atoms with van der Waals surface area (Å²) in [6, 6.07) is 20.4. The monoisotopic (exact) mass is 498 g/mol. The molecule has 0 saturated carbocycles. The number of carbonyl (C=O) groups excluding carboxylic acids is 2. The van der Waals surface area contributed by atoms with E-state index in [0.717, 1.165) is 14.0 Å². The first-order valence-electron chi connectivity index (χ1n) is 8.63. The number of esters is 1. The van der Waals surface area contributed by atoms with Gasteiger partial charge in [-0.1, -0.05) is 41.6 Å². The molecule has 0 atom stereocenters. The molecular weight excluding hydrogens is 483 g/mol. The van der Waals surface area contributed by atoms with E-state index in [1.165, 1.54) is 11.8 Å². The van der Waals surface area contributed by atoms with E-state index in [-0.39, 0.29) is 5.78 Å². The Morgan fingerprint density at radius 2 is 1.86 bits per heavy atom. The Kier molecular flexibility index (Phi) is 5.37. The van der Waals surface area contributed by atoms with Crippen LogP contribution in [0.1, 0.15) is 31.8 Å². The molecule has 3 aromatic rings. The third-order valence-electron chi connectivity index (χ3n) is 4.29. The molecule has 0 spiro atoms. The smallest absolute Gasteiger partial charge is 0.343 e. The maximum Gasteiger partial charge on any atom is 0.343 e. The van der Waals surface area contributed by atoms with Gasteiger partial charge in [0.2, 0.25) is 5.78 Å². The molecule has 1 aliphatic rings. The van der Waals surface area contributed by atoms with Crippen molar-refractivity contribution in [3.05, 3.63) is 97.5 Å². The summed E-state index contributed by atoms with van der Waals surface area (Å²) in [5.41, 5.74) is 2.94. The van der Waals surface area contributed by atoms with Crippen LogP contribution in [-0.4, -0.2) is 11.8 Å². The van der Waals surface area contributed by atoms with Gasteiger partial charge < -0.3 is 4.74 Å². The van der Waals surface area contributed by atoms with Crippen LogP contribution in [0.3, 0.4) is 0 Å². The van der Waals surface area contributed by atoms with Crippen molar-refractivity contribution in [2.45, 2.75) is 11.8 Å². The average molecular weight is 498 g/mol. The van der Waals surface area contributed by atoms with E-state index in [2.05, 4.69) is 22.6 Å². The van der Waals surface area contributed by atoms with E-state index >= 15 is 0 Å². The number of ketones is 1. The number of hydrogen-bond donors (Lipinski definition) is 0. The fraction of sp³-hybridized carbons (Fsp3) is 0.0435. The van der Waals surface area contributed by atoms with Crippen LogP contribution in [0.15, 0.2) is 76.5 Å². The Balaban J connectivity index is 1.67. The van der Waals surface area contributed by atoms with Crippen molar-refractivity contribution in [2.75, 3.05) is 0 Å². The third kappa shape index (κ3) is 3.91. The van der Waals surface area contributed by atoms with Crippen molar-refractivity contribution in [3.8, 4) is 5.75 Å². The largest absolute Gasteiger partial charge is 0.422 e. The molecule has 5 heteroatoms. The second-order valence-corrected chi connectivity index (χ2v) is 8.71. The van der Waals surface area contributed by atoms with Gasteiger partial charge in [-0.25, -0.2) is 4.79 Å². The number of ether oxygens (including phenoxy) is 1. The van der Waals surface area contributed by atoms with Crippen LogP contribution in [-0.2, 0) is 0 Å². The zero-order valence-corrected chi connectivity index (χ0v) is 17.9. The molecular formula is C23H15IO3S. The molecule has 0 aliphatic carbocycles. The lowest BCUT2D eigenvalue weighted by molar-refractivity contribution is 0.0734. The van der Waals surface area contributed by atoms with Gasteiger partial charge in [0.05, 0.1) is 10.5 Å². The molecule has 4 rings (SSSR count).